The summed E-state index contributed by atoms with van der Waals surface area (Å²) in [5.41, 5.74) is -0.0851. The van der Waals surface area contributed by atoms with Crippen LogP contribution in [0, 0.1) is 0 Å². The first-order valence-electron chi connectivity index (χ1n) is 8.88. The molecule has 3 rings (SSSR count). The van der Waals surface area contributed by atoms with Gasteiger partial charge in [0.05, 0.1) is 12.2 Å². The summed E-state index contributed by atoms with van der Waals surface area (Å²) in [4.78, 5) is 0. The highest BCUT2D eigenvalue weighted by molar-refractivity contribution is 6.30. The highest BCUT2D eigenvalue weighted by atomic mass is 35.5. The van der Waals surface area contributed by atoms with Gasteiger partial charge in [-0.15, -0.1) is 0 Å². The molecule has 7 heteroatoms. The van der Waals surface area contributed by atoms with Crippen LogP contribution < -0.4 is 14.8 Å². The second-order valence-electron chi connectivity index (χ2n) is 6.47. The molecule has 1 fully saturated rings. The van der Waals surface area contributed by atoms with Crippen LogP contribution in [0.25, 0.3) is 0 Å². The Morgan fingerprint density at radius 2 is 1.96 bits per heavy atom. The number of halogens is 4. The zero-order chi connectivity index (χ0) is 19.3. The van der Waals surface area contributed by atoms with Crippen LogP contribution in [0.2, 0.25) is 5.02 Å². The molecule has 146 valence electrons. The van der Waals surface area contributed by atoms with Crippen molar-refractivity contribution in [3.05, 3.63) is 58.6 Å². The van der Waals surface area contributed by atoms with Crippen molar-refractivity contribution in [2.75, 3.05) is 19.7 Å². The average molecular weight is 400 g/mol. The normalized spacial score (nSPS) is 17.6. The zero-order valence-corrected chi connectivity index (χ0v) is 15.4. The Balaban J connectivity index is 1.62. The SMILES string of the molecule is FC(F)(F)c1cccc(CCOc2ccc(Cl)cc2OC2CCCNC2)c1. The van der Waals surface area contributed by atoms with Crippen molar-refractivity contribution in [3.63, 3.8) is 0 Å². The molecule has 2 aromatic rings. The molecule has 1 heterocycles. The third-order valence-corrected chi connectivity index (χ3v) is 4.59. The molecule has 27 heavy (non-hydrogen) atoms. The van der Waals surface area contributed by atoms with E-state index in [1.54, 1.807) is 24.3 Å². The fraction of sp³-hybridized carbons (Fsp3) is 0.400. The fourth-order valence-electron chi connectivity index (χ4n) is 2.98. The van der Waals surface area contributed by atoms with Crippen molar-refractivity contribution in [2.45, 2.75) is 31.5 Å². The van der Waals surface area contributed by atoms with Gasteiger partial charge < -0.3 is 14.8 Å². The van der Waals surface area contributed by atoms with Gasteiger partial charge in [0.1, 0.15) is 6.10 Å². The Bertz CT molecular complexity index is 761. The van der Waals surface area contributed by atoms with Crippen molar-refractivity contribution < 1.29 is 22.6 Å². The van der Waals surface area contributed by atoms with Gasteiger partial charge in [-0.25, -0.2) is 0 Å². The molecule has 0 radical (unpaired) electrons. The van der Waals surface area contributed by atoms with E-state index < -0.39 is 11.7 Å². The molecule has 1 unspecified atom stereocenters. The summed E-state index contributed by atoms with van der Waals surface area (Å²) in [6.07, 6.45) is -1.96. The van der Waals surface area contributed by atoms with E-state index in [0.717, 1.165) is 38.1 Å². The van der Waals surface area contributed by atoms with E-state index in [1.807, 2.05) is 0 Å². The molecule has 1 atom stereocenters. The van der Waals surface area contributed by atoms with Gasteiger partial charge in [0.2, 0.25) is 0 Å². The fourth-order valence-corrected chi connectivity index (χ4v) is 3.14. The van der Waals surface area contributed by atoms with Crippen LogP contribution in [-0.2, 0) is 12.6 Å². The Labute approximate surface area is 161 Å². The lowest BCUT2D eigenvalue weighted by Gasteiger charge is -2.25. The molecule has 0 saturated carbocycles. The van der Waals surface area contributed by atoms with Crippen molar-refractivity contribution in [2.24, 2.45) is 0 Å². The van der Waals surface area contributed by atoms with Crippen LogP contribution >= 0.6 is 11.6 Å². The lowest BCUT2D eigenvalue weighted by Crippen LogP contribution is -2.37. The molecule has 3 nitrogen and oxygen atoms in total. The molecule has 0 bridgehead atoms. The highest BCUT2D eigenvalue weighted by Crippen LogP contribution is 2.33. The van der Waals surface area contributed by atoms with Gasteiger partial charge in [-0.1, -0.05) is 29.8 Å². The van der Waals surface area contributed by atoms with Gasteiger partial charge in [-0.2, -0.15) is 13.2 Å². The van der Waals surface area contributed by atoms with Crippen LogP contribution in [0.3, 0.4) is 0 Å². The van der Waals surface area contributed by atoms with E-state index in [1.165, 1.54) is 6.07 Å². The highest BCUT2D eigenvalue weighted by Gasteiger charge is 2.30. The Morgan fingerprint density at radius 1 is 1.11 bits per heavy atom. The largest absolute Gasteiger partial charge is 0.489 e. The second-order valence-corrected chi connectivity index (χ2v) is 6.91. The van der Waals surface area contributed by atoms with Gasteiger partial charge in [0.15, 0.2) is 11.5 Å². The first-order valence-corrected chi connectivity index (χ1v) is 9.25. The number of benzene rings is 2. The van der Waals surface area contributed by atoms with Gasteiger partial charge in [0.25, 0.3) is 0 Å². The summed E-state index contributed by atoms with van der Waals surface area (Å²) < 4.78 is 50.2. The summed E-state index contributed by atoms with van der Waals surface area (Å²) in [7, 11) is 0. The Hall–Kier alpha value is -1.92. The van der Waals surface area contributed by atoms with E-state index in [4.69, 9.17) is 21.1 Å². The summed E-state index contributed by atoms with van der Waals surface area (Å²) >= 11 is 6.07. The topological polar surface area (TPSA) is 30.5 Å². The van der Waals surface area contributed by atoms with Gasteiger partial charge in [0, 0.05) is 24.1 Å². The summed E-state index contributed by atoms with van der Waals surface area (Å²) in [6, 6.07) is 10.4. The van der Waals surface area contributed by atoms with Gasteiger partial charge in [-0.3, -0.25) is 0 Å². The molecule has 2 aromatic carbocycles. The number of nitrogens with one attached hydrogen (secondary N) is 1. The van der Waals surface area contributed by atoms with Crippen LogP contribution in [0.5, 0.6) is 11.5 Å². The zero-order valence-electron chi connectivity index (χ0n) is 14.7. The van der Waals surface area contributed by atoms with Crippen LogP contribution in [0.15, 0.2) is 42.5 Å². The number of hydrogen-bond donors (Lipinski definition) is 1. The first-order chi connectivity index (χ1) is 12.9. The standard InChI is InChI=1S/C20H21ClF3NO2/c21-16-6-7-18(19(12-16)27-17-5-2-9-25-13-17)26-10-8-14-3-1-4-15(11-14)20(22,23)24/h1,3-4,6-7,11-12,17,25H,2,5,8-10,13H2. The molecule has 0 spiro atoms. The molecule has 0 aliphatic carbocycles. The smallest absolute Gasteiger partial charge is 0.416 e. The van der Waals surface area contributed by atoms with Crippen molar-refractivity contribution in [1.29, 1.82) is 0 Å². The third-order valence-electron chi connectivity index (χ3n) is 4.35. The summed E-state index contributed by atoms with van der Waals surface area (Å²) in [5.74, 6) is 1.09. The predicted octanol–water partition coefficient (Wildman–Crippen LogP) is 5.11. The van der Waals surface area contributed by atoms with Crippen LogP contribution in [0.4, 0.5) is 13.2 Å². The summed E-state index contributed by atoms with van der Waals surface area (Å²) in [6.45, 7) is 1.98. The minimum Gasteiger partial charge on any atom is -0.489 e. The quantitative estimate of drug-likeness (QED) is 0.732. The molecule has 0 aromatic heterocycles. The number of alkyl halides is 3. The summed E-state index contributed by atoms with van der Waals surface area (Å²) in [5, 5.41) is 3.82. The monoisotopic (exact) mass is 399 g/mol. The minimum absolute atomic E-state index is 0.0445. The first kappa shape index (κ1) is 19.8. The van der Waals surface area contributed by atoms with Crippen molar-refractivity contribution in [3.8, 4) is 11.5 Å². The average Bonchev–Trinajstić information content (AvgIpc) is 2.64. The molecule has 1 saturated heterocycles. The second kappa shape index (κ2) is 8.85. The molecule has 0 amide bonds. The molecular weight excluding hydrogens is 379 g/mol. The molecular formula is C20H21ClF3NO2. The molecule has 1 aliphatic heterocycles. The Morgan fingerprint density at radius 3 is 2.70 bits per heavy atom. The van der Waals surface area contributed by atoms with E-state index in [2.05, 4.69) is 5.32 Å². The lowest BCUT2D eigenvalue weighted by atomic mass is 10.1. The van der Waals surface area contributed by atoms with Crippen LogP contribution in [0.1, 0.15) is 24.0 Å². The van der Waals surface area contributed by atoms with E-state index in [-0.39, 0.29) is 12.7 Å². The van der Waals surface area contributed by atoms with Crippen molar-refractivity contribution in [1.82, 2.24) is 5.32 Å². The number of hydrogen-bond acceptors (Lipinski definition) is 3. The minimum atomic E-state index is -4.35. The number of ether oxygens (including phenoxy) is 2. The lowest BCUT2D eigenvalue weighted by molar-refractivity contribution is -0.137. The van der Waals surface area contributed by atoms with Crippen LogP contribution in [-0.4, -0.2) is 25.8 Å². The van der Waals surface area contributed by atoms with Gasteiger partial charge in [-0.05, 0) is 43.1 Å². The van der Waals surface area contributed by atoms with E-state index >= 15 is 0 Å². The van der Waals surface area contributed by atoms with Gasteiger partial charge >= 0.3 is 6.18 Å². The predicted molar refractivity (Wildman–Crippen MR) is 98.6 cm³/mol. The number of piperidine rings is 1. The Kier molecular flexibility index (Phi) is 6.50. The maximum atomic E-state index is 12.8. The van der Waals surface area contributed by atoms with E-state index in [0.29, 0.717) is 28.5 Å². The number of rotatable bonds is 6. The maximum absolute atomic E-state index is 12.8. The maximum Gasteiger partial charge on any atom is 0.416 e. The van der Waals surface area contributed by atoms with E-state index in [9.17, 15) is 13.2 Å². The molecule has 1 aliphatic rings. The molecule has 1 N–H and O–H groups in total. The van der Waals surface area contributed by atoms with Crippen molar-refractivity contribution >= 4 is 11.6 Å². The third kappa shape index (κ3) is 5.78.